The third-order valence-corrected chi connectivity index (χ3v) is 5.44. The number of hydrogen-bond acceptors (Lipinski definition) is 6. The zero-order valence-electron chi connectivity index (χ0n) is 16.7. The standard InChI is InChI=1S/C21H32N2O4.ClH/c1-2-26-21(24)15-27-17-8-6-16(7-9-17)10-11-22-19-5-3-4-18(19)20-14-25-13-12-23-20;/h6-9,18-20,22-23H,2-5,10-15H2,1H3;1H. The van der Waals surface area contributed by atoms with Crippen LogP contribution >= 0.6 is 12.4 Å². The van der Waals surface area contributed by atoms with E-state index in [9.17, 15) is 4.79 Å². The van der Waals surface area contributed by atoms with E-state index in [0.29, 0.717) is 30.4 Å². The summed E-state index contributed by atoms with van der Waals surface area (Å²) >= 11 is 0. The quantitative estimate of drug-likeness (QED) is 0.607. The lowest BCUT2D eigenvalue weighted by molar-refractivity contribution is -0.145. The number of carbonyl (C=O) groups is 1. The fourth-order valence-electron chi connectivity index (χ4n) is 4.08. The van der Waals surface area contributed by atoms with Crippen LogP contribution in [0.15, 0.2) is 24.3 Å². The molecule has 28 heavy (non-hydrogen) atoms. The fourth-order valence-corrected chi connectivity index (χ4v) is 4.08. The van der Waals surface area contributed by atoms with Crippen molar-refractivity contribution < 1.29 is 19.0 Å². The minimum Gasteiger partial charge on any atom is -0.482 e. The first-order valence-electron chi connectivity index (χ1n) is 10.2. The molecular formula is C21H33ClN2O4. The van der Waals surface area contributed by atoms with Crippen molar-refractivity contribution in [2.75, 3.05) is 39.5 Å². The molecule has 3 rings (SSSR count). The molecule has 1 aromatic rings. The number of esters is 1. The summed E-state index contributed by atoms with van der Waals surface area (Å²) in [4.78, 5) is 11.3. The molecule has 2 N–H and O–H groups in total. The summed E-state index contributed by atoms with van der Waals surface area (Å²) < 4.78 is 15.9. The summed E-state index contributed by atoms with van der Waals surface area (Å²) in [7, 11) is 0. The van der Waals surface area contributed by atoms with Gasteiger partial charge in [-0.25, -0.2) is 4.79 Å². The highest BCUT2D eigenvalue weighted by Gasteiger charge is 2.34. The maximum Gasteiger partial charge on any atom is 0.344 e. The number of halogens is 1. The van der Waals surface area contributed by atoms with Gasteiger partial charge in [0.15, 0.2) is 6.61 Å². The van der Waals surface area contributed by atoms with Crippen LogP contribution in [0.3, 0.4) is 0 Å². The minimum absolute atomic E-state index is 0. The molecule has 0 bridgehead atoms. The first-order chi connectivity index (χ1) is 13.3. The zero-order valence-corrected chi connectivity index (χ0v) is 17.5. The van der Waals surface area contributed by atoms with Crippen LogP contribution in [0.1, 0.15) is 31.7 Å². The van der Waals surface area contributed by atoms with E-state index in [1.165, 1.54) is 24.8 Å². The molecule has 1 saturated heterocycles. The average Bonchev–Trinajstić information content (AvgIpc) is 3.17. The van der Waals surface area contributed by atoms with Gasteiger partial charge in [-0.1, -0.05) is 18.6 Å². The topological polar surface area (TPSA) is 68.8 Å². The molecule has 1 aliphatic carbocycles. The number of hydrogen-bond donors (Lipinski definition) is 2. The van der Waals surface area contributed by atoms with Gasteiger partial charge in [-0.2, -0.15) is 0 Å². The van der Waals surface area contributed by atoms with Crippen LogP contribution in [0, 0.1) is 5.92 Å². The Balaban J connectivity index is 0.00000280. The summed E-state index contributed by atoms with van der Waals surface area (Å²) in [5, 5.41) is 7.38. The Morgan fingerprint density at radius 1 is 1.29 bits per heavy atom. The Kier molecular flexibility index (Phi) is 10.1. The lowest BCUT2D eigenvalue weighted by Crippen LogP contribution is -2.51. The SMILES string of the molecule is CCOC(=O)COc1ccc(CCNC2CCCC2C2COCCN2)cc1.Cl. The second-order valence-electron chi connectivity index (χ2n) is 7.28. The minimum atomic E-state index is -0.338. The molecule has 3 unspecified atom stereocenters. The van der Waals surface area contributed by atoms with Gasteiger partial charge in [0.1, 0.15) is 5.75 Å². The highest BCUT2D eigenvalue weighted by Crippen LogP contribution is 2.29. The number of ether oxygens (including phenoxy) is 3. The van der Waals surface area contributed by atoms with Crippen molar-refractivity contribution in [2.24, 2.45) is 5.92 Å². The van der Waals surface area contributed by atoms with Gasteiger partial charge in [0.05, 0.1) is 19.8 Å². The van der Waals surface area contributed by atoms with E-state index in [-0.39, 0.29) is 25.0 Å². The smallest absolute Gasteiger partial charge is 0.344 e. The molecule has 6 nitrogen and oxygen atoms in total. The van der Waals surface area contributed by atoms with Crippen LogP contribution in [-0.2, 0) is 20.7 Å². The maximum absolute atomic E-state index is 11.3. The molecule has 158 valence electrons. The predicted molar refractivity (Wildman–Crippen MR) is 111 cm³/mol. The number of rotatable bonds is 9. The van der Waals surface area contributed by atoms with E-state index in [2.05, 4.69) is 22.8 Å². The summed E-state index contributed by atoms with van der Waals surface area (Å²) in [6, 6.07) is 9.02. The van der Waals surface area contributed by atoms with Crippen molar-refractivity contribution >= 4 is 18.4 Å². The first-order valence-corrected chi connectivity index (χ1v) is 10.2. The summed E-state index contributed by atoms with van der Waals surface area (Å²) in [5.74, 6) is 1.03. The second kappa shape index (κ2) is 12.3. The molecule has 2 aliphatic rings. The lowest BCUT2D eigenvalue weighted by Gasteiger charge is -2.33. The number of benzene rings is 1. The largest absolute Gasteiger partial charge is 0.482 e. The van der Waals surface area contributed by atoms with Gasteiger partial charge in [-0.05, 0) is 56.3 Å². The second-order valence-corrected chi connectivity index (χ2v) is 7.28. The molecule has 0 aromatic heterocycles. The molecule has 0 radical (unpaired) electrons. The van der Waals surface area contributed by atoms with Crippen LogP contribution in [-0.4, -0.2) is 57.6 Å². The van der Waals surface area contributed by atoms with Crippen LogP contribution in [0.4, 0.5) is 0 Å². The Labute approximate surface area is 174 Å². The van der Waals surface area contributed by atoms with E-state index in [1.54, 1.807) is 6.92 Å². The van der Waals surface area contributed by atoms with Crippen molar-refractivity contribution in [3.05, 3.63) is 29.8 Å². The summed E-state index contributed by atoms with van der Waals surface area (Å²) in [6.07, 6.45) is 4.82. The average molecular weight is 413 g/mol. The third-order valence-electron chi connectivity index (χ3n) is 5.44. The van der Waals surface area contributed by atoms with Gasteiger partial charge in [-0.3, -0.25) is 0 Å². The van der Waals surface area contributed by atoms with Crippen molar-refractivity contribution in [2.45, 2.75) is 44.7 Å². The van der Waals surface area contributed by atoms with Crippen molar-refractivity contribution in [1.29, 1.82) is 0 Å². The highest BCUT2D eigenvalue weighted by atomic mass is 35.5. The van der Waals surface area contributed by atoms with E-state index in [0.717, 1.165) is 32.7 Å². The number of carbonyl (C=O) groups excluding carboxylic acids is 1. The molecule has 0 amide bonds. The van der Waals surface area contributed by atoms with Gasteiger partial charge >= 0.3 is 5.97 Å². The molecule has 7 heteroatoms. The monoisotopic (exact) mass is 412 g/mol. The third kappa shape index (κ3) is 6.92. The Bertz CT molecular complexity index is 578. The lowest BCUT2D eigenvalue weighted by atomic mass is 9.94. The molecule has 1 aromatic carbocycles. The van der Waals surface area contributed by atoms with E-state index < -0.39 is 0 Å². The first kappa shape index (κ1) is 22.9. The Morgan fingerprint density at radius 2 is 2.11 bits per heavy atom. The zero-order chi connectivity index (χ0) is 18.9. The predicted octanol–water partition coefficient (Wildman–Crippen LogP) is 2.34. The van der Waals surface area contributed by atoms with Gasteiger partial charge in [0, 0.05) is 18.6 Å². The molecule has 2 fully saturated rings. The normalized spacial score (nSPS) is 24.4. The molecule has 1 heterocycles. The summed E-state index contributed by atoms with van der Waals surface area (Å²) in [5.41, 5.74) is 1.26. The van der Waals surface area contributed by atoms with Gasteiger partial charge in [0.2, 0.25) is 0 Å². The van der Waals surface area contributed by atoms with Crippen LogP contribution in [0.2, 0.25) is 0 Å². The van der Waals surface area contributed by atoms with Gasteiger partial charge < -0.3 is 24.8 Å². The maximum atomic E-state index is 11.3. The molecular weight excluding hydrogens is 380 g/mol. The van der Waals surface area contributed by atoms with Crippen molar-refractivity contribution in [1.82, 2.24) is 10.6 Å². The Morgan fingerprint density at radius 3 is 2.82 bits per heavy atom. The summed E-state index contributed by atoms with van der Waals surface area (Å²) in [6.45, 7) is 5.73. The number of nitrogens with one attached hydrogen (secondary N) is 2. The van der Waals surface area contributed by atoms with Crippen LogP contribution < -0.4 is 15.4 Å². The van der Waals surface area contributed by atoms with E-state index >= 15 is 0 Å². The molecule has 1 aliphatic heterocycles. The van der Waals surface area contributed by atoms with E-state index in [4.69, 9.17) is 14.2 Å². The number of morpholine rings is 1. The molecule has 3 atom stereocenters. The van der Waals surface area contributed by atoms with Gasteiger partial charge in [0.25, 0.3) is 0 Å². The van der Waals surface area contributed by atoms with Gasteiger partial charge in [-0.15, -0.1) is 12.4 Å². The van der Waals surface area contributed by atoms with Crippen molar-refractivity contribution in [3.8, 4) is 5.75 Å². The molecule has 0 spiro atoms. The fraction of sp³-hybridized carbons (Fsp3) is 0.667. The molecule has 1 saturated carbocycles. The van der Waals surface area contributed by atoms with Crippen molar-refractivity contribution in [3.63, 3.8) is 0 Å². The van der Waals surface area contributed by atoms with Crippen LogP contribution in [0.25, 0.3) is 0 Å². The highest BCUT2D eigenvalue weighted by molar-refractivity contribution is 5.85. The van der Waals surface area contributed by atoms with E-state index in [1.807, 2.05) is 12.1 Å². The Hall–Kier alpha value is -1.34. The van der Waals surface area contributed by atoms with Crippen LogP contribution in [0.5, 0.6) is 5.75 Å².